The summed E-state index contributed by atoms with van der Waals surface area (Å²) in [6.45, 7) is 1.79. The van der Waals surface area contributed by atoms with Crippen LogP contribution in [0.1, 0.15) is 116 Å². The number of hydrogen-bond acceptors (Lipinski definition) is 2. The van der Waals surface area contributed by atoms with Crippen LogP contribution in [0.25, 0.3) is 0 Å². The fourth-order valence-corrected chi connectivity index (χ4v) is 3.96. The summed E-state index contributed by atoms with van der Waals surface area (Å²) >= 11 is 0. The van der Waals surface area contributed by atoms with Gasteiger partial charge in [-0.05, 0) is 31.6 Å². The van der Waals surface area contributed by atoms with Crippen LogP contribution in [0.2, 0.25) is 0 Å². The summed E-state index contributed by atoms with van der Waals surface area (Å²) in [5.41, 5.74) is 0. The summed E-state index contributed by atoms with van der Waals surface area (Å²) in [4.78, 5) is 0. The molecule has 0 amide bonds. The molecule has 2 nitrogen and oxygen atoms in total. The maximum absolute atomic E-state index is 5.78. The largest absolute Gasteiger partial charge is 0.353 e. The smallest absolute Gasteiger partial charge is 0.157 e. The highest BCUT2D eigenvalue weighted by Crippen LogP contribution is 2.31. The number of unbranched alkanes of at least 4 members (excludes halogenated alkanes) is 10. The lowest BCUT2D eigenvalue weighted by Gasteiger charge is -2.24. The van der Waals surface area contributed by atoms with E-state index in [1.165, 1.54) is 109 Å². The second kappa shape index (κ2) is 14.1. The molecule has 24 heavy (non-hydrogen) atoms. The molecule has 142 valence electrons. The monoisotopic (exact) mass is 338 g/mol. The minimum Gasteiger partial charge on any atom is -0.353 e. The van der Waals surface area contributed by atoms with Gasteiger partial charge in [-0.25, -0.2) is 0 Å². The molecule has 1 aliphatic carbocycles. The molecule has 1 heterocycles. The second-order valence-electron chi connectivity index (χ2n) is 8.14. The van der Waals surface area contributed by atoms with Gasteiger partial charge in [-0.1, -0.05) is 89.9 Å². The van der Waals surface area contributed by atoms with Crippen molar-refractivity contribution in [3.63, 3.8) is 0 Å². The molecular weight excluding hydrogens is 296 g/mol. The van der Waals surface area contributed by atoms with Crippen molar-refractivity contribution in [1.82, 2.24) is 0 Å². The van der Waals surface area contributed by atoms with E-state index in [4.69, 9.17) is 9.47 Å². The Morgan fingerprint density at radius 1 is 0.625 bits per heavy atom. The molecule has 1 saturated heterocycles. The van der Waals surface area contributed by atoms with Crippen molar-refractivity contribution in [2.75, 3.05) is 13.2 Å². The van der Waals surface area contributed by atoms with Crippen molar-refractivity contribution in [3.8, 4) is 0 Å². The van der Waals surface area contributed by atoms with Crippen LogP contribution in [0, 0.1) is 5.92 Å². The highest BCUT2D eigenvalue weighted by Gasteiger charge is 2.16. The molecule has 2 fully saturated rings. The average Bonchev–Trinajstić information content (AvgIpc) is 2.57. The predicted octanol–water partition coefficient (Wildman–Crippen LogP) is 7.01. The minimum absolute atomic E-state index is 0.104. The normalized spacial score (nSPS) is 21.8. The maximum Gasteiger partial charge on any atom is 0.157 e. The third-order valence-electron chi connectivity index (χ3n) is 5.92. The highest BCUT2D eigenvalue weighted by molar-refractivity contribution is 4.69. The van der Waals surface area contributed by atoms with Crippen LogP contribution in [-0.4, -0.2) is 19.5 Å². The van der Waals surface area contributed by atoms with Crippen LogP contribution in [0.15, 0.2) is 0 Å². The Kier molecular flexibility index (Phi) is 11.9. The molecular formula is C22H42O2. The number of ether oxygens (including phenoxy) is 2. The summed E-state index contributed by atoms with van der Waals surface area (Å²) in [5.74, 6) is 1.12. The van der Waals surface area contributed by atoms with Gasteiger partial charge >= 0.3 is 0 Å². The zero-order valence-electron chi connectivity index (χ0n) is 16.1. The Morgan fingerprint density at radius 2 is 1.25 bits per heavy atom. The van der Waals surface area contributed by atoms with Crippen LogP contribution >= 0.6 is 0 Å². The van der Waals surface area contributed by atoms with E-state index < -0.39 is 0 Å². The van der Waals surface area contributed by atoms with Gasteiger partial charge < -0.3 is 9.47 Å². The molecule has 0 N–H and O–H groups in total. The van der Waals surface area contributed by atoms with Crippen molar-refractivity contribution in [3.05, 3.63) is 0 Å². The SMILES string of the molecule is C(CCCCCCOC1CCCCO1)CCCCCCC1CCC1. The summed E-state index contributed by atoms with van der Waals surface area (Å²) in [7, 11) is 0. The third kappa shape index (κ3) is 10.0. The molecule has 0 aromatic carbocycles. The van der Waals surface area contributed by atoms with Crippen LogP contribution in [0.3, 0.4) is 0 Å². The molecule has 1 unspecified atom stereocenters. The van der Waals surface area contributed by atoms with Gasteiger partial charge in [0.1, 0.15) is 0 Å². The Balaban J connectivity index is 1.21. The van der Waals surface area contributed by atoms with Gasteiger partial charge in [-0.2, -0.15) is 0 Å². The molecule has 1 aliphatic heterocycles. The van der Waals surface area contributed by atoms with Gasteiger partial charge in [-0.15, -0.1) is 0 Å². The fourth-order valence-electron chi connectivity index (χ4n) is 3.96. The van der Waals surface area contributed by atoms with Crippen molar-refractivity contribution < 1.29 is 9.47 Å². The van der Waals surface area contributed by atoms with Crippen molar-refractivity contribution >= 4 is 0 Å². The Bertz CT molecular complexity index is 269. The van der Waals surface area contributed by atoms with E-state index in [0.29, 0.717) is 0 Å². The Hall–Kier alpha value is -0.0800. The standard InChI is InChI=1S/C22H42O2/c1(2-4-6-8-10-15-21-16-14-17-21)3-5-7-9-12-19-23-22-18-11-13-20-24-22/h21-22H,1-20H2. The second-order valence-corrected chi connectivity index (χ2v) is 8.14. The van der Waals surface area contributed by atoms with Crippen LogP contribution < -0.4 is 0 Å². The van der Waals surface area contributed by atoms with Gasteiger partial charge in [0.05, 0.1) is 0 Å². The van der Waals surface area contributed by atoms with Gasteiger partial charge in [-0.3, -0.25) is 0 Å². The van der Waals surface area contributed by atoms with E-state index in [-0.39, 0.29) is 6.29 Å². The van der Waals surface area contributed by atoms with Crippen molar-refractivity contribution in [1.29, 1.82) is 0 Å². The Labute approximate surface area is 151 Å². The number of rotatable bonds is 15. The summed E-state index contributed by atoms with van der Waals surface area (Å²) in [6.07, 6.45) is 25.4. The first-order chi connectivity index (χ1) is 11.9. The molecule has 2 heteroatoms. The molecule has 2 rings (SSSR count). The highest BCUT2D eigenvalue weighted by atomic mass is 16.7. The van der Waals surface area contributed by atoms with Crippen LogP contribution in [0.5, 0.6) is 0 Å². The fraction of sp³-hybridized carbons (Fsp3) is 1.00. The van der Waals surface area contributed by atoms with Crippen LogP contribution in [0.4, 0.5) is 0 Å². The quantitative estimate of drug-likeness (QED) is 0.299. The Morgan fingerprint density at radius 3 is 1.79 bits per heavy atom. The molecule has 0 aromatic rings. The van der Waals surface area contributed by atoms with E-state index in [0.717, 1.165) is 25.6 Å². The molecule has 0 bridgehead atoms. The number of hydrogen-bond donors (Lipinski definition) is 0. The lowest BCUT2D eigenvalue weighted by Crippen LogP contribution is -2.22. The van der Waals surface area contributed by atoms with E-state index >= 15 is 0 Å². The first kappa shape index (κ1) is 20.2. The lowest BCUT2D eigenvalue weighted by atomic mass is 9.81. The van der Waals surface area contributed by atoms with E-state index in [2.05, 4.69) is 0 Å². The molecule has 1 atom stereocenters. The molecule has 0 spiro atoms. The van der Waals surface area contributed by atoms with Gasteiger partial charge in [0.15, 0.2) is 6.29 Å². The predicted molar refractivity (Wildman–Crippen MR) is 102 cm³/mol. The zero-order chi connectivity index (χ0) is 16.7. The van der Waals surface area contributed by atoms with E-state index in [9.17, 15) is 0 Å². The summed E-state index contributed by atoms with van der Waals surface area (Å²) < 4.78 is 11.4. The first-order valence-electron chi connectivity index (χ1n) is 11.2. The summed E-state index contributed by atoms with van der Waals surface area (Å²) in [6, 6.07) is 0. The van der Waals surface area contributed by atoms with Crippen LogP contribution in [-0.2, 0) is 9.47 Å². The molecule has 1 saturated carbocycles. The van der Waals surface area contributed by atoms with E-state index in [1.54, 1.807) is 0 Å². The van der Waals surface area contributed by atoms with Gasteiger partial charge in [0, 0.05) is 13.2 Å². The molecule has 0 radical (unpaired) electrons. The van der Waals surface area contributed by atoms with Crippen molar-refractivity contribution in [2.45, 2.75) is 122 Å². The topological polar surface area (TPSA) is 18.5 Å². The lowest BCUT2D eigenvalue weighted by molar-refractivity contribution is -0.162. The maximum atomic E-state index is 5.78. The summed E-state index contributed by atoms with van der Waals surface area (Å²) in [5, 5.41) is 0. The average molecular weight is 339 g/mol. The van der Waals surface area contributed by atoms with Gasteiger partial charge in [0.2, 0.25) is 0 Å². The minimum atomic E-state index is 0.104. The molecule has 2 aliphatic rings. The molecule has 0 aromatic heterocycles. The third-order valence-corrected chi connectivity index (χ3v) is 5.92. The van der Waals surface area contributed by atoms with Gasteiger partial charge in [0.25, 0.3) is 0 Å². The zero-order valence-corrected chi connectivity index (χ0v) is 16.1. The van der Waals surface area contributed by atoms with Crippen molar-refractivity contribution in [2.24, 2.45) is 5.92 Å². The van der Waals surface area contributed by atoms with E-state index in [1.807, 2.05) is 0 Å². The first-order valence-corrected chi connectivity index (χ1v) is 11.2.